The first kappa shape index (κ1) is 26.6. The molecular weight excluding hydrogens is 519 g/mol. The fraction of sp³-hybridized carbons (Fsp3) is 0.370. The van der Waals surface area contributed by atoms with Gasteiger partial charge in [-0.05, 0) is 37.6 Å². The zero-order chi connectivity index (χ0) is 28.1. The molecule has 12 heteroatoms. The number of alkyl halides is 5. The van der Waals surface area contributed by atoms with Crippen molar-refractivity contribution >= 4 is 34.1 Å². The van der Waals surface area contributed by atoms with Gasteiger partial charge in [-0.2, -0.15) is 13.2 Å². The maximum atomic E-state index is 13.9. The Bertz CT molecular complexity index is 1550. The molecule has 2 aromatic heterocycles. The van der Waals surface area contributed by atoms with E-state index in [1.54, 1.807) is 35.2 Å². The largest absolute Gasteiger partial charge is 0.434 e. The number of anilines is 2. The first-order chi connectivity index (χ1) is 18.4. The summed E-state index contributed by atoms with van der Waals surface area (Å²) in [6, 6.07) is 10.1. The van der Waals surface area contributed by atoms with Crippen molar-refractivity contribution in [1.82, 2.24) is 19.7 Å². The van der Waals surface area contributed by atoms with Gasteiger partial charge in [0.2, 0.25) is 5.95 Å². The first-order valence-corrected chi connectivity index (χ1v) is 12.5. The summed E-state index contributed by atoms with van der Waals surface area (Å²) in [6.07, 6.45) is -4.68. The second-order valence-electron chi connectivity index (χ2n) is 9.81. The smallest absolute Gasteiger partial charge is 0.378 e. The fourth-order valence-electron chi connectivity index (χ4n) is 4.95. The van der Waals surface area contributed by atoms with Gasteiger partial charge >= 0.3 is 6.18 Å². The molecule has 3 heterocycles. The Morgan fingerprint density at radius 1 is 1.10 bits per heavy atom. The average molecular weight is 547 g/mol. The van der Waals surface area contributed by atoms with Crippen LogP contribution in [0, 0.1) is 6.92 Å². The van der Waals surface area contributed by atoms with Crippen LogP contribution in [0.25, 0.3) is 16.6 Å². The topological polar surface area (TPSA) is 74.6 Å². The highest BCUT2D eigenvalue weighted by Crippen LogP contribution is 2.37. The molecule has 0 bridgehead atoms. The number of nitrogens with zero attached hydrogens (tertiary/aromatic N) is 4. The lowest BCUT2D eigenvalue weighted by Gasteiger charge is -2.33. The number of imidazole rings is 1. The normalized spacial score (nSPS) is 16.5. The van der Waals surface area contributed by atoms with E-state index >= 15 is 0 Å². The SMILES string of the molecule is CNC(=O)c1ccccc1N[C@H](C)c1cc(C)cc2c1nc(N1CCC(F)(F)CC1)n1cc(C(F)(F)F)nc21. The van der Waals surface area contributed by atoms with Crippen molar-refractivity contribution in [2.75, 3.05) is 30.4 Å². The van der Waals surface area contributed by atoms with Crippen molar-refractivity contribution in [3.8, 4) is 0 Å². The third-order valence-corrected chi connectivity index (χ3v) is 6.96. The zero-order valence-corrected chi connectivity index (χ0v) is 21.5. The highest BCUT2D eigenvalue weighted by molar-refractivity contribution is 6.00. The number of fused-ring (bicyclic) bond motifs is 3. The minimum Gasteiger partial charge on any atom is -0.378 e. The van der Waals surface area contributed by atoms with Crippen LogP contribution in [0.1, 0.15) is 53.0 Å². The molecule has 7 nitrogen and oxygen atoms in total. The zero-order valence-electron chi connectivity index (χ0n) is 21.5. The van der Waals surface area contributed by atoms with E-state index in [2.05, 4.69) is 15.6 Å². The highest BCUT2D eigenvalue weighted by Gasteiger charge is 2.37. The van der Waals surface area contributed by atoms with Crippen molar-refractivity contribution in [2.45, 2.75) is 44.8 Å². The lowest BCUT2D eigenvalue weighted by Crippen LogP contribution is -2.40. The predicted molar refractivity (Wildman–Crippen MR) is 138 cm³/mol. The van der Waals surface area contributed by atoms with Crippen LogP contribution >= 0.6 is 0 Å². The molecule has 1 amide bonds. The van der Waals surface area contributed by atoms with Gasteiger partial charge in [-0.3, -0.25) is 9.20 Å². The summed E-state index contributed by atoms with van der Waals surface area (Å²) in [4.78, 5) is 22.7. The number of carbonyl (C=O) groups is 1. The number of amides is 1. The molecule has 0 saturated carbocycles. The molecule has 5 rings (SSSR count). The minimum atomic E-state index is -4.70. The van der Waals surface area contributed by atoms with Gasteiger partial charge in [0.1, 0.15) is 5.65 Å². The van der Waals surface area contributed by atoms with Gasteiger partial charge < -0.3 is 15.5 Å². The van der Waals surface area contributed by atoms with Crippen molar-refractivity contribution in [1.29, 1.82) is 0 Å². The Hall–Kier alpha value is -3.96. The van der Waals surface area contributed by atoms with Crippen LogP contribution in [-0.4, -0.2) is 46.3 Å². The van der Waals surface area contributed by atoms with Gasteiger partial charge in [0, 0.05) is 55.8 Å². The Morgan fingerprint density at radius 2 is 1.79 bits per heavy atom. The maximum Gasteiger partial charge on any atom is 0.434 e. The minimum absolute atomic E-state index is 0.0440. The maximum absolute atomic E-state index is 13.9. The molecule has 4 aromatic rings. The van der Waals surface area contributed by atoms with Gasteiger partial charge in [0.15, 0.2) is 5.69 Å². The summed E-state index contributed by atoms with van der Waals surface area (Å²) in [5.74, 6) is -2.99. The van der Waals surface area contributed by atoms with E-state index in [1.807, 2.05) is 19.9 Å². The van der Waals surface area contributed by atoms with Crippen LogP contribution in [0.15, 0.2) is 42.6 Å². The molecule has 2 aromatic carbocycles. The molecule has 0 aliphatic carbocycles. The number of benzene rings is 2. The number of hydrogen-bond donors (Lipinski definition) is 2. The molecule has 1 fully saturated rings. The highest BCUT2D eigenvalue weighted by atomic mass is 19.4. The second kappa shape index (κ2) is 9.65. The molecule has 0 spiro atoms. The van der Waals surface area contributed by atoms with E-state index in [4.69, 9.17) is 4.98 Å². The number of aryl methyl sites for hydroxylation is 1. The van der Waals surface area contributed by atoms with Crippen molar-refractivity contribution < 1.29 is 26.7 Å². The molecular formula is C27H27F5N6O. The van der Waals surface area contributed by atoms with E-state index in [0.29, 0.717) is 27.7 Å². The lowest BCUT2D eigenvalue weighted by molar-refractivity contribution is -0.140. The summed E-state index contributed by atoms with van der Waals surface area (Å²) in [5, 5.41) is 6.33. The number of carbonyl (C=O) groups excluding carboxylic acids is 1. The summed E-state index contributed by atoms with van der Waals surface area (Å²) in [6.45, 7) is 3.55. The van der Waals surface area contributed by atoms with Crippen molar-refractivity contribution in [2.24, 2.45) is 0 Å². The van der Waals surface area contributed by atoms with Crippen LogP contribution < -0.4 is 15.5 Å². The molecule has 0 radical (unpaired) electrons. The second-order valence-corrected chi connectivity index (χ2v) is 9.81. The Morgan fingerprint density at radius 3 is 2.46 bits per heavy atom. The molecule has 1 aliphatic rings. The van der Waals surface area contributed by atoms with E-state index in [1.165, 1.54) is 11.4 Å². The molecule has 1 atom stereocenters. The Balaban J connectivity index is 1.68. The predicted octanol–water partition coefficient (Wildman–Crippen LogP) is 5.98. The van der Waals surface area contributed by atoms with Gasteiger partial charge in [-0.15, -0.1) is 0 Å². The molecule has 1 saturated heterocycles. The number of piperidine rings is 1. The number of nitrogens with one attached hydrogen (secondary N) is 2. The summed E-state index contributed by atoms with van der Waals surface area (Å²) in [7, 11) is 1.53. The number of aromatic nitrogens is 3. The van der Waals surface area contributed by atoms with Gasteiger partial charge in [0.05, 0.1) is 17.1 Å². The van der Waals surface area contributed by atoms with Gasteiger partial charge in [-0.25, -0.2) is 18.7 Å². The van der Waals surface area contributed by atoms with E-state index < -0.39 is 36.7 Å². The number of halogens is 5. The third kappa shape index (κ3) is 5.07. The number of para-hydroxylation sites is 1. The van der Waals surface area contributed by atoms with E-state index in [0.717, 1.165) is 11.8 Å². The third-order valence-electron chi connectivity index (χ3n) is 6.96. The quantitative estimate of drug-likeness (QED) is 0.302. The molecule has 1 aliphatic heterocycles. The van der Waals surface area contributed by atoms with Gasteiger partial charge in [-0.1, -0.05) is 18.2 Å². The van der Waals surface area contributed by atoms with E-state index in [9.17, 15) is 26.7 Å². The van der Waals surface area contributed by atoms with Crippen LogP contribution in [0.5, 0.6) is 0 Å². The van der Waals surface area contributed by atoms with Crippen LogP contribution in [0.3, 0.4) is 0 Å². The van der Waals surface area contributed by atoms with Crippen LogP contribution in [0.4, 0.5) is 33.6 Å². The van der Waals surface area contributed by atoms with Crippen molar-refractivity contribution in [3.05, 3.63) is 65.0 Å². The van der Waals surface area contributed by atoms with E-state index in [-0.39, 0.29) is 30.6 Å². The monoisotopic (exact) mass is 546 g/mol. The Kier molecular flexibility index (Phi) is 6.59. The van der Waals surface area contributed by atoms with Crippen LogP contribution in [0.2, 0.25) is 0 Å². The standard InChI is InChI=1S/C27H27F5N6O/c1-15-12-18(16(2)34-20-7-5-4-6-17(20)24(39)33-3)22-19(13-15)23-35-21(27(30,31)32)14-38(23)25(36-22)37-10-8-26(28,29)9-11-37/h4-7,12-14,16,34H,8-11H2,1-3H3,(H,33,39)/t16-/m1/s1. The van der Waals surface area contributed by atoms with Crippen LogP contribution in [-0.2, 0) is 6.18 Å². The van der Waals surface area contributed by atoms with Crippen molar-refractivity contribution in [3.63, 3.8) is 0 Å². The summed E-state index contributed by atoms with van der Waals surface area (Å²) < 4.78 is 70.2. The molecule has 39 heavy (non-hydrogen) atoms. The average Bonchev–Trinajstić information content (AvgIpc) is 3.35. The molecule has 2 N–H and O–H groups in total. The molecule has 206 valence electrons. The number of rotatable bonds is 5. The Labute approximate surface area is 221 Å². The van der Waals surface area contributed by atoms with Gasteiger partial charge in [0.25, 0.3) is 11.8 Å². The lowest BCUT2D eigenvalue weighted by atomic mass is 10.00. The summed E-state index contributed by atoms with van der Waals surface area (Å²) in [5.41, 5.74) is 1.79. The first-order valence-electron chi connectivity index (χ1n) is 12.5. The summed E-state index contributed by atoms with van der Waals surface area (Å²) >= 11 is 0. The fourth-order valence-corrected chi connectivity index (χ4v) is 4.95. The number of hydrogen-bond acceptors (Lipinski definition) is 5. The molecule has 0 unspecified atom stereocenters.